The molecule has 2 atom stereocenters. The van der Waals surface area contributed by atoms with Crippen LogP contribution in [0.5, 0.6) is 0 Å². The second-order valence-corrected chi connectivity index (χ2v) is 6.32. The molecule has 0 saturated heterocycles. The zero-order valence-electron chi connectivity index (χ0n) is 12.2. The molecule has 0 aliphatic rings. The summed E-state index contributed by atoms with van der Waals surface area (Å²) >= 11 is 0. The van der Waals surface area contributed by atoms with Gasteiger partial charge in [-0.25, -0.2) is 0 Å². The van der Waals surface area contributed by atoms with Crippen LogP contribution in [0.2, 0.25) is 0 Å². The highest BCUT2D eigenvalue weighted by Crippen LogP contribution is 2.53. The lowest BCUT2D eigenvalue weighted by atomic mass is 10.2. The Hall–Kier alpha value is -1.84. The van der Waals surface area contributed by atoms with Crippen molar-refractivity contribution >= 4 is 13.1 Å². The van der Waals surface area contributed by atoms with Crippen LogP contribution in [0.25, 0.3) is 0 Å². The first-order valence-electron chi connectivity index (χ1n) is 6.33. The third-order valence-electron chi connectivity index (χ3n) is 2.61. The molecule has 0 spiro atoms. The third kappa shape index (κ3) is 4.59. The Balaban J connectivity index is 3.14. The molecular weight excluding hydrogens is 287 g/mol. The van der Waals surface area contributed by atoms with Crippen LogP contribution in [0.1, 0.15) is 29.8 Å². The Labute approximate surface area is 125 Å². The van der Waals surface area contributed by atoms with Crippen molar-refractivity contribution in [2.75, 3.05) is 0 Å². The molecule has 0 N–H and O–H groups in total. The molecule has 0 amide bonds. The van der Waals surface area contributed by atoms with Crippen LogP contribution in [0.15, 0.2) is 24.3 Å². The lowest BCUT2D eigenvalue weighted by molar-refractivity contribution is 0.0965. The fraction of sp³-hybridized carbons (Fsp3) is 0.312. The predicted octanol–water partition coefficient (Wildman–Crippen LogP) is 3.40. The van der Waals surface area contributed by atoms with Gasteiger partial charge in [-0.1, -0.05) is 41.7 Å². The zero-order chi connectivity index (χ0) is 16.0. The monoisotopic (exact) mass is 304 g/mol. The van der Waals surface area contributed by atoms with Crippen LogP contribution in [0, 0.1) is 31.6 Å². The third-order valence-corrected chi connectivity index (χ3v) is 4.55. The number of hydrogen-bond acceptors (Lipinski definition) is 4. The molecule has 1 aromatic carbocycles. The number of terminal acetylenes is 2. The van der Waals surface area contributed by atoms with Crippen LogP contribution in [0.4, 0.5) is 0 Å². The SMILES string of the molecule is C#CC(C)OP(=O)(OC(C)C#C)C(=O)c1ccc(C)cc1. The summed E-state index contributed by atoms with van der Waals surface area (Å²) in [6.07, 6.45) is 8.72. The standard InChI is InChI=1S/C16H17O4P/c1-6-13(4)19-21(18,20-14(5)7-2)16(17)15-10-8-12(3)9-11-15/h1-2,8-11,13-14H,3-5H3. The molecule has 0 saturated carbocycles. The fourth-order valence-electron chi connectivity index (χ4n) is 1.45. The largest absolute Gasteiger partial charge is 0.404 e. The molecule has 0 bridgehead atoms. The van der Waals surface area contributed by atoms with Gasteiger partial charge < -0.3 is 0 Å². The molecule has 0 aromatic heterocycles. The van der Waals surface area contributed by atoms with E-state index >= 15 is 0 Å². The van der Waals surface area contributed by atoms with Gasteiger partial charge in [0.2, 0.25) is 0 Å². The summed E-state index contributed by atoms with van der Waals surface area (Å²) in [4.78, 5) is 12.4. The summed E-state index contributed by atoms with van der Waals surface area (Å²) in [7, 11) is -4.12. The number of aryl methyl sites for hydroxylation is 1. The van der Waals surface area contributed by atoms with Gasteiger partial charge in [0.1, 0.15) is 12.2 Å². The summed E-state index contributed by atoms with van der Waals surface area (Å²) in [5, 5.41) is 0. The number of carbonyl (C=O) groups is 1. The number of rotatable bonds is 6. The minimum Gasteiger partial charge on any atom is -0.287 e. The van der Waals surface area contributed by atoms with Gasteiger partial charge >= 0.3 is 7.60 Å². The maximum absolute atomic E-state index is 12.8. The highest BCUT2D eigenvalue weighted by molar-refractivity contribution is 7.72. The first-order valence-corrected chi connectivity index (χ1v) is 7.87. The average Bonchev–Trinajstić information content (AvgIpc) is 2.46. The minimum atomic E-state index is -4.12. The maximum atomic E-state index is 12.8. The molecular formula is C16H17O4P. The van der Waals surface area contributed by atoms with Gasteiger partial charge in [-0.3, -0.25) is 18.4 Å². The number of carbonyl (C=O) groups excluding carboxylic acids is 1. The lowest BCUT2D eigenvalue weighted by Gasteiger charge is -2.20. The molecule has 5 heteroatoms. The van der Waals surface area contributed by atoms with E-state index in [0.29, 0.717) is 0 Å². The van der Waals surface area contributed by atoms with Gasteiger partial charge in [0.05, 0.1) is 0 Å². The number of benzene rings is 1. The zero-order valence-corrected chi connectivity index (χ0v) is 13.1. The molecule has 2 unspecified atom stereocenters. The molecule has 0 heterocycles. The predicted molar refractivity (Wildman–Crippen MR) is 81.9 cm³/mol. The summed E-state index contributed by atoms with van der Waals surface area (Å²) in [5.74, 6) is 4.50. The highest BCUT2D eigenvalue weighted by Gasteiger charge is 2.38. The Morgan fingerprint density at radius 2 is 1.52 bits per heavy atom. The van der Waals surface area contributed by atoms with Gasteiger partial charge in [-0.2, -0.15) is 0 Å². The van der Waals surface area contributed by atoms with E-state index in [0.717, 1.165) is 5.56 Å². The van der Waals surface area contributed by atoms with E-state index in [1.54, 1.807) is 24.3 Å². The maximum Gasteiger partial charge on any atom is 0.404 e. The summed E-state index contributed by atoms with van der Waals surface area (Å²) in [6, 6.07) is 6.57. The molecule has 21 heavy (non-hydrogen) atoms. The van der Waals surface area contributed by atoms with Crippen molar-refractivity contribution in [3.05, 3.63) is 35.4 Å². The second kappa shape index (κ2) is 7.25. The molecule has 1 aromatic rings. The van der Waals surface area contributed by atoms with Crippen LogP contribution in [0.3, 0.4) is 0 Å². The van der Waals surface area contributed by atoms with Crippen molar-refractivity contribution in [3.8, 4) is 24.7 Å². The Morgan fingerprint density at radius 3 is 1.90 bits per heavy atom. The van der Waals surface area contributed by atoms with E-state index in [9.17, 15) is 9.36 Å². The van der Waals surface area contributed by atoms with Gasteiger partial charge in [-0.05, 0) is 20.8 Å². The Kier molecular flexibility index (Phi) is 5.94. The average molecular weight is 304 g/mol. The van der Waals surface area contributed by atoms with Crippen LogP contribution in [-0.2, 0) is 13.6 Å². The van der Waals surface area contributed by atoms with Gasteiger partial charge in [0, 0.05) is 5.56 Å². The van der Waals surface area contributed by atoms with E-state index in [-0.39, 0.29) is 5.56 Å². The van der Waals surface area contributed by atoms with Crippen LogP contribution in [-0.4, -0.2) is 17.7 Å². The molecule has 1 rings (SSSR count). The van der Waals surface area contributed by atoms with Crippen LogP contribution >= 0.6 is 7.60 Å². The topological polar surface area (TPSA) is 52.6 Å². The van der Waals surface area contributed by atoms with Gasteiger partial charge in [-0.15, -0.1) is 12.8 Å². The first-order chi connectivity index (χ1) is 9.82. The van der Waals surface area contributed by atoms with Gasteiger partial charge in [0.25, 0.3) is 5.52 Å². The van der Waals surface area contributed by atoms with E-state index < -0.39 is 25.3 Å². The van der Waals surface area contributed by atoms with Crippen molar-refractivity contribution in [3.63, 3.8) is 0 Å². The van der Waals surface area contributed by atoms with Crippen molar-refractivity contribution < 1.29 is 18.4 Å². The number of hydrogen-bond donors (Lipinski definition) is 0. The smallest absolute Gasteiger partial charge is 0.287 e. The van der Waals surface area contributed by atoms with E-state index in [4.69, 9.17) is 21.9 Å². The normalized spacial score (nSPS) is 16.0. The molecule has 0 aliphatic carbocycles. The summed E-state index contributed by atoms with van der Waals surface area (Å²) < 4.78 is 23.1. The van der Waals surface area contributed by atoms with Crippen LogP contribution < -0.4 is 0 Å². The second-order valence-electron chi connectivity index (χ2n) is 4.50. The molecule has 4 nitrogen and oxygen atoms in total. The highest BCUT2D eigenvalue weighted by atomic mass is 31.2. The molecule has 0 radical (unpaired) electrons. The summed E-state index contributed by atoms with van der Waals surface area (Å²) in [6.45, 7) is 4.87. The minimum absolute atomic E-state index is 0.220. The van der Waals surface area contributed by atoms with Gasteiger partial charge in [0.15, 0.2) is 0 Å². The fourth-order valence-corrected chi connectivity index (χ4v) is 3.11. The Bertz CT molecular complexity index is 608. The van der Waals surface area contributed by atoms with E-state index in [1.165, 1.54) is 13.8 Å². The van der Waals surface area contributed by atoms with E-state index in [2.05, 4.69) is 11.8 Å². The van der Waals surface area contributed by atoms with Crippen molar-refractivity contribution in [2.45, 2.75) is 33.0 Å². The lowest BCUT2D eigenvalue weighted by Crippen LogP contribution is -2.16. The molecule has 110 valence electrons. The quantitative estimate of drug-likeness (QED) is 0.597. The molecule has 0 aliphatic heterocycles. The van der Waals surface area contributed by atoms with Crippen molar-refractivity contribution in [2.24, 2.45) is 0 Å². The summed E-state index contributed by atoms with van der Waals surface area (Å²) in [5.41, 5.74) is 0.432. The van der Waals surface area contributed by atoms with Crippen molar-refractivity contribution in [1.82, 2.24) is 0 Å². The van der Waals surface area contributed by atoms with E-state index in [1.807, 2.05) is 6.92 Å². The Morgan fingerprint density at radius 1 is 1.10 bits per heavy atom. The van der Waals surface area contributed by atoms with Crippen molar-refractivity contribution in [1.29, 1.82) is 0 Å². The molecule has 0 fully saturated rings. The first kappa shape index (κ1) is 17.2.